The predicted molar refractivity (Wildman–Crippen MR) is 108 cm³/mol. The summed E-state index contributed by atoms with van der Waals surface area (Å²) in [6, 6.07) is 8.23. The molecule has 2 saturated heterocycles. The van der Waals surface area contributed by atoms with Crippen molar-refractivity contribution < 1.29 is 14.3 Å². The van der Waals surface area contributed by atoms with Crippen LogP contribution in [0.25, 0.3) is 10.6 Å². The number of rotatable bonds is 4. The Labute approximate surface area is 169 Å². The number of carbonyl (C=O) groups excluding carboxylic acids is 2. The second-order valence-corrected chi connectivity index (χ2v) is 8.26. The Hall–Kier alpha value is -2.25. The molecule has 2 fully saturated rings. The van der Waals surface area contributed by atoms with Crippen LogP contribution in [0.1, 0.15) is 24.1 Å². The van der Waals surface area contributed by atoms with Gasteiger partial charge in [-0.05, 0) is 25.8 Å². The molecule has 7 heteroatoms. The van der Waals surface area contributed by atoms with Gasteiger partial charge in [-0.2, -0.15) is 0 Å². The lowest BCUT2D eigenvalue weighted by atomic mass is 10.1. The lowest BCUT2D eigenvalue weighted by molar-refractivity contribution is -0.145. The first-order valence-electron chi connectivity index (χ1n) is 9.80. The molecule has 2 aliphatic rings. The monoisotopic (exact) mass is 399 g/mol. The van der Waals surface area contributed by atoms with E-state index in [9.17, 15) is 9.59 Å². The smallest absolute Gasteiger partial charge is 0.251 e. The van der Waals surface area contributed by atoms with Gasteiger partial charge in [0.15, 0.2) is 0 Å². The van der Waals surface area contributed by atoms with E-state index in [2.05, 4.69) is 24.0 Å². The molecule has 4 rings (SSSR count). The first kappa shape index (κ1) is 19.1. The summed E-state index contributed by atoms with van der Waals surface area (Å²) in [5.41, 5.74) is 3.09. The van der Waals surface area contributed by atoms with Crippen LogP contribution < -0.4 is 0 Å². The first-order chi connectivity index (χ1) is 13.6. The molecule has 2 aliphatic heterocycles. The van der Waals surface area contributed by atoms with Gasteiger partial charge in [0, 0.05) is 43.7 Å². The predicted octanol–water partition coefficient (Wildman–Crippen LogP) is 2.51. The number of nitrogens with zero attached hydrogens (tertiary/aromatic N) is 3. The van der Waals surface area contributed by atoms with Gasteiger partial charge in [-0.15, -0.1) is 11.3 Å². The minimum Gasteiger partial charge on any atom is -0.368 e. The molecule has 2 aromatic rings. The average Bonchev–Trinajstić information content (AvgIpc) is 3.40. The van der Waals surface area contributed by atoms with Crippen molar-refractivity contribution in [2.24, 2.45) is 0 Å². The molecule has 28 heavy (non-hydrogen) atoms. The molecule has 1 unspecified atom stereocenters. The van der Waals surface area contributed by atoms with Crippen molar-refractivity contribution >= 4 is 23.2 Å². The number of piperazine rings is 1. The van der Waals surface area contributed by atoms with Crippen molar-refractivity contribution in [3.05, 3.63) is 40.9 Å². The third-order valence-corrected chi connectivity index (χ3v) is 6.24. The Morgan fingerprint density at radius 1 is 1.21 bits per heavy atom. The zero-order chi connectivity index (χ0) is 19.5. The maximum Gasteiger partial charge on any atom is 0.251 e. The lowest BCUT2D eigenvalue weighted by Crippen LogP contribution is -2.53. The Bertz CT molecular complexity index is 852. The molecule has 2 amide bonds. The molecule has 0 aliphatic carbocycles. The van der Waals surface area contributed by atoms with Gasteiger partial charge in [-0.25, -0.2) is 4.98 Å². The topological polar surface area (TPSA) is 62.7 Å². The van der Waals surface area contributed by atoms with Gasteiger partial charge < -0.3 is 14.5 Å². The molecule has 0 bridgehead atoms. The molecule has 1 aromatic carbocycles. The third-order valence-electron chi connectivity index (χ3n) is 5.30. The maximum absolute atomic E-state index is 12.7. The van der Waals surface area contributed by atoms with Gasteiger partial charge in [-0.1, -0.05) is 23.8 Å². The lowest BCUT2D eigenvalue weighted by Gasteiger charge is -2.35. The second kappa shape index (κ2) is 8.41. The molecule has 1 aromatic heterocycles. The number of thiazole rings is 1. The van der Waals surface area contributed by atoms with Crippen LogP contribution in [0.5, 0.6) is 0 Å². The Balaban J connectivity index is 1.31. The fourth-order valence-electron chi connectivity index (χ4n) is 3.72. The summed E-state index contributed by atoms with van der Waals surface area (Å²) < 4.78 is 5.49. The number of aromatic nitrogens is 1. The van der Waals surface area contributed by atoms with E-state index in [0.29, 0.717) is 39.2 Å². The van der Waals surface area contributed by atoms with E-state index >= 15 is 0 Å². The summed E-state index contributed by atoms with van der Waals surface area (Å²) in [5, 5.41) is 2.91. The quantitative estimate of drug-likeness (QED) is 0.793. The molecular formula is C21H25N3O3S. The number of amides is 2. The summed E-state index contributed by atoms with van der Waals surface area (Å²) in [4.78, 5) is 33.4. The molecular weight excluding hydrogens is 374 g/mol. The molecule has 0 saturated carbocycles. The summed E-state index contributed by atoms with van der Waals surface area (Å²) >= 11 is 1.57. The normalized spacial score (nSPS) is 19.8. The highest BCUT2D eigenvalue weighted by Gasteiger charge is 2.31. The summed E-state index contributed by atoms with van der Waals surface area (Å²) in [7, 11) is 0. The van der Waals surface area contributed by atoms with Crippen LogP contribution in [0.3, 0.4) is 0 Å². The van der Waals surface area contributed by atoms with Crippen molar-refractivity contribution in [1.29, 1.82) is 0 Å². The van der Waals surface area contributed by atoms with Crippen LogP contribution in [0.4, 0.5) is 0 Å². The molecule has 6 nitrogen and oxygen atoms in total. The van der Waals surface area contributed by atoms with Crippen LogP contribution in [-0.4, -0.2) is 65.5 Å². The van der Waals surface area contributed by atoms with Crippen LogP contribution in [-0.2, 0) is 20.7 Å². The van der Waals surface area contributed by atoms with E-state index in [1.54, 1.807) is 11.3 Å². The summed E-state index contributed by atoms with van der Waals surface area (Å²) in [6.07, 6.45) is 1.79. The van der Waals surface area contributed by atoms with Crippen molar-refractivity contribution in [2.75, 3.05) is 32.8 Å². The number of hydrogen-bond acceptors (Lipinski definition) is 5. The average molecular weight is 400 g/mol. The minimum absolute atomic E-state index is 0.0744. The Morgan fingerprint density at radius 2 is 2.00 bits per heavy atom. The number of aryl methyl sites for hydroxylation is 1. The number of benzene rings is 1. The summed E-state index contributed by atoms with van der Waals surface area (Å²) in [5.74, 6) is 0.150. The van der Waals surface area contributed by atoms with Gasteiger partial charge >= 0.3 is 0 Å². The highest BCUT2D eigenvalue weighted by atomic mass is 32.1. The fraction of sp³-hybridized carbons (Fsp3) is 0.476. The zero-order valence-corrected chi connectivity index (χ0v) is 16.9. The molecule has 3 heterocycles. The third kappa shape index (κ3) is 4.25. The van der Waals surface area contributed by atoms with E-state index in [-0.39, 0.29) is 17.9 Å². The van der Waals surface area contributed by atoms with Crippen molar-refractivity contribution in [1.82, 2.24) is 14.8 Å². The maximum atomic E-state index is 12.7. The highest BCUT2D eigenvalue weighted by molar-refractivity contribution is 7.13. The molecule has 148 valence electrons. The minimum atomic E-state index is -0.280. The number of ether oxygens (including phenoxy) is 1. The standard InChI is InChI=1S/C21H25N3O3S/c1-15-4-2-5-16(12-15)20-22-17(14-28-20)13-19(25)23-7-9-24(10-8-23)21(26)18-6-3-11-27-18/h2,4-5,12,14,18H,3,6-11,13H2,1H3. The van der Waals surface area contributed by atoms with Crippen LogP contribution >= 0.6 is 11.3 Å². The summed E-state index contributed by atoms with van der Waals surface area (Å²) in [6.45, 7) is 5.04. The van der Waals surface area contributed by atoms with E-state index in [4.69, 9.17) is 4.74 Å². The number of hydrogen-bond donors (Lipinski definition) is 0. The Morgan fingerprint density at radius 3 is 2.71 bits per heavy atom. The van der Waals surface area contributed by atoms with E-state index in [0.717, 1.165) is 29.1 Å². The van der Waals surface area contributed by atoms with Crippen molar-refractivity contribution in [3.8, 4) is 10.6 Å². The van der Waals surface area contributed by atoms with Gasteiger partial charge in [0.2, 0.25) is 5.91 Å². The highest BCUT2D eigenvalue weighted by Crippen LogP contribution is 2.25. The van der Waals surface area contributed by atoms with Crippen molar-refractivity contribution in [3.63, 3.8) is 0 Å². The molecule has 0 radical (unpaired) electrons. The van der Waals surface area contributed by atoms with Crippen LogP contribution in [0, 0.1) is 6.92 Å². The van der Waals surface area contributed by atoms with Crippen molar-refractivity contribution in [2.45, 2.75) is 32.3 Å². The molecule has 0 N–H and O–H groups in total. The molecule has 0 spiro atoms. The van der Waals surface area contributed by atoms with E-state index in [1.807, 2.05) is 27.3 Å². The SMILES string of the molecule is Cc1cccc(-c2nc(CC(=O)N3CCN(C(=O)C4CCCO4)CC3)cs2)c1. The zero-order valence-electron chi connectivity index (χ0n) is 16.1. The fourth-order valence-corrected chi connectivity index (χ4v) is 4.53. The van der Waals surface area contributed by atoms with E-state index < -0.39 is 0 Å². The second-order valence-electron chi connectivity index (χ2n) is 7.40. The van der Waals surface area contributed by atoms with Crippen LogP contribution in [0.15, 0.2) is 29.6 Å². The van der Waals surface area contributed by atoms with E-state index in [1.165, 1.54) is 5.56 Å². The largest absolute Gasteiger partial charge is 0.368 e. The van der Waals surface area contributed by atoms with Gasteiger partial charge in [-0.3, -0.25) is 9.59 Å². The van der Waals surface area contributed by atoms with Gasteiger partial charge in [0.05, 0.1) is 12.1 Å². The Kier molecular flexibility index (Phi) is 5.73. The molecule has 1 atom stereocenters. The number of carbonyl (C=O) groups is 2. The first-order valence-corrected chi connectivity index (χ1v) is 10.7. The van der Waals surface area contributed by atoms with Crippen LogP contribution in [0.2, 0.25) is 0 Å². The van der Waals surface area contributed by atoms with Gasteiger partial charge in [0.25, 0.3) is 5.91 Å². The van der Waals surface area contributed by atoms with Gasteiger partial charge in [0.1, 0.15) is 11.1 Å².